The van der Waals surface area contributed by atoms with Gasteiger partial charge in [0.15, 0.2) is 4.77 Å². The molecule has 2 aromatic heterocycles. The van der Waals surface area contributed by atoms with Crippen LogP contribution < -0.4 is 0 Å². The second kappa shape index (κ2) is 4.56. The van der Waals surface area contributed by atoms with Crippen LogP contribution in [0.4, 0.5) is 0 Å². The molecule has 3 aromatic rings. The van der Waals surface area contributed by atoms with E-state index < -0.39 is 0 Å². The molecule has 0 aliphatic heterocycles. The third-order valence-electron chi connectivity index (χ3n) is 3.44. The van der Waals surface area contributed by atoms with Crippen LogP contribution in [0.1, 0.15) is 26.5 Å². The topological polar surface area (TPSA) is 33.6 Å². The first kappa shape index (κ1) is 13.1. The number of nitrogens with one attached hydrogen (secondary N) is 1. The Hall–Kier alpha value is -1.94. The average molecular weight is 283 g/mol. The van der Waals surface area contributed by atoms with Crippen molar-refractivity contribution < 1.29 is 0 Å². The van der Waals surface area contributed by atoms with E-state index in [9.17, 15) is 0 Å². The van der Waals surface area contributed by atoms with Gasteiger partial charge in [0, 0.05) is 40.5 Å². The summed E-state index contributed by atoms with van der Waals surface area (Å²) in [5, 5.41) is 2.27. The van der Waals surface area contributed by atoms with Gasteiger partial charge in [0.2, 0.25) is 0 Å². The summed E-state index contributed by atoms with van der Waals surface area (Å²) in [7, 11) is 0. The van der Waals surface area contributed by atoms with Crippen LogP contribution in [0.25, 0.3) is 16.5 Å². The van der Waals surface area contributed by atoms with Crippen molar-refractivity contribution in [1.29, 1.82) is 0 Å². The summed E-state index contributed by atoms with van der Waals surface area (Å²) < 4.78 is 2.84. The lowest BCUT2D eigenvalue weighted by Crippen LogP contribution is -2.16. The summed E-state index contributed by atoms with van der Waals surface area (Å²) in [6.45, 7) is 6.57. The molecule has 0 aliphatic rings. The first-order valence-corrected chi connectivity index (χ1v) is 7.03. The van der Waals surface area contributed by atoms with E-state index in [-0.39, 0.29) is 5.41 Å². The monoisotopic (exact) mass is 283 g/mol. The summed E-state index contributed by atoms with van der Waals surface area (Å²) in [6, 6.07) is 8.24. The lowest BCUT2D eigenvalue weighted by Gasteiger charge is -2.21. The molecule has 3 nitrogen and oxygen atoms in total. The zero-order valence-corrected chi connectivity index (χ0v) is 12.7. The van der Waals surface area contributed by atoms with Gasteiger partial charge in [0.1, 0.15) is 0 Å². The highest BCUT2D eigenvalue weighted by Crippen LogP contribution is 2.29. The second-order valence-electron chi connectivity index (χ2n) is 5.94. The maximum atomic E-state index is 5.48. The molecule has 0 saturated heterocycles. The minimum atomic E-state index is 0.0166. The van der Waals surface area contributed by atoms with Crippen LogP contribution in [0.15, 0.2) is 42.9 Å². The van der Waals surface area contributed by atoms with E-state index in [2.05, 4.69) is 47.4 Å². The van der Waals surface area contributed by atoms with Crippen LogP contribution in [0, 0.1) is 4.77 Å². The van der Waals surface area contributed by atoms with Crippen molar-refractivity contribution in [3.8, 4) is 5.69 Å². The number of nitrogens with zero attached hydrogens (tertiary/aromatic N) is 2. The minimum Gasteiger partial charge on any atom is -0.337 e. The van der Waals surface area contributed by atoms with E-state index in [4.69, 9.17) is 12.2 Å². The maximum Gasteiger partial charge on any atom is 0.182 e. The van der Waals surface area contributed by atoms with Gasteiger partial charge in [0.25, 0.3) is 0 Å². The normalized spacial score (nSPS) is 11.9. The Labute approximate surface area is 123 Å². The zero-order chi connectivity index (χ0) is 14.3. The van der Waals surface area contributed by atoms with Crippen LogP contribution in [0.3, 0.4) is 0 Å². The van der Waals surface area contributed by atoms with E-state index >= 15 is 0 Å². The van der Waals surface area contributed by atoms with Crippen molar-refractivity contribution in [2.45, 2.75) is 26.2 Å². The minimum absolute atomic E-state index is 0.0166. The Balaban J connectivity index is 2.38. The van der Waals surface area contributed by atoms with Crippen molar-refractivity contribution in [2.24, 2.45) is 0 Å². The zero-order valence-electron chi connectivity index (χ0n) is 11.8. The quantitative estimate of drug-likeness (QED) is 0.672. The molecule has 2 heterocycles. The van der Waals surface area contributed by atoms with Crippen LogP contribution >= 0.6 is 12.2 Å². The van der Waals surface area contributed by atoms with Gasteiger partial charge in [-0.1, -0.05) is 32.9 Å². The van der Waals surface area contributed by atoms with Gasteiger partial charge >= 0.3 is 0 Å². The van der Waals surface area contributed by atoms with Crippen LogP contribution in [-0.4, -0.2) is 14.5 Å². The molecule has 0 fully saturated rings. The molecular formula is C16H17N3S. The van der Waals surface area contributed by atoms with Crippen molar-refractivity contribution >= 4 is 23.0 Å². The molecule has 3 rings (SSSR count). The number of imidazole rings is 1. The molecule has 20 heavy (non-hydrogen) atoms. The molecule has 0 unspecified atom stereocenters. The fourth-order valence-electron chi connectivity index (χ4n) is 2.46. The first-order chi connectivity index (χ1) is 9.48. The number of pyridine rings is 1. The smallest absolute Gasteiger partial charge is 0.182 e. The molecule has 0 atom stereocenters. The van der Waals surface area contributed by atoms with Gasteiger partial charge < -0.3 is 4.98 Å². The third kappa shape index (κ3) is 2.06. The second-order valence-corrected chi connectivity index (χ2v) is 6.33. The van der Waals surface area contributed by atoms with Crippen LogP contribution in [0.5, 0.6) is 0 Å². The molecule has 102 valence electrons. The molecule has 0 aliphatic carbocycles. The first-order valence-electron chi connectivity index (χ1n) is 6.62. The number of H-pyrrole nitrogens is 1. The van der Waals surface area contributed by atoms with E-state index in [1.807, 2.05) is 30.7 Å². The fourth-order valence-corrected chi connectivity index (χ4v) is 2.72. The number of hydrogen-bond acceptors (Lipinski definition) is 2. The van der Waals surface area contributed by atoms with Gasteiger partial charge in [-0.2, -0.15) is 0 Å². The summed E-state index contributed by atoms with van der Waals surface area (Å²) in [4.78, 5) is 7.35. The molecular weight excluding hydrogens is 266 g/mol. The number of aromatic amines is 1. The SMILES string of the molecule is CC(C)(C)c1c[nH]c(=S)n1-c1cccc2cnccc12. The van der Waals surface area contributed by atoms with Crippen LogP contribution in [0.2, 0.25) is 0 Å². The Bertz CT molecular complexity index is 816. The highest BCUT2D eigenvalue weighted by molar-refractivity contribution is 7.71. The molecule has 4 heteroatoms. The summed E-state index contributed by atoms with van der Waals surface area (Å²) in [5.74, 6) is 0. The highest BCUT2D eigenvalue weighted by atomic mass is 32.1. The highest BCUT2D eigenvalue weighted by Gasteiger charge is 2.20. The molecule has 0 saturated carbocycles. The lowest BCUT2D eigenvalue weighted by molar-refractivity contribution is 0.556. The number of benzene rings is 1. The van der Waals surface area contributed by atoms with Crippen LogP contribution in [-0.2, 0) is 5.41 Å². The number of fused-ring (bicyclic) bond motifs is 1. The van der Waals surface area contributed by atoms with Crippen molar-refractivity contribution in [3.05, 3.63) is 53.3 Å². The molecule has 0 amide bonds. The van der Waals surface area contributed by atoms with Crippen molar-refractivity contribution in [2.75, 3.05) is 0 Å². The van der Waals surface area contributed by atoms with Gasteiger partial charge in [-0.05, 0) is 24.4 Å². The van der Waals surface area contributed by atoms with Gasteiger partial charge in [-0.15, -0.1) is 0 Å². The lowest BCUT2D eigenvalue weighted by atomic mass is 9.92. The Kier molecular flexibility index (Phi) is 2.98. The Morgan fingerprint density at radius 1 is 1.20 bits per heavy atom. The number of aromatic nitrogens is 3. The average Bonchev–Trinajstić information content (AvgIpc) is 2.80. The summed E-state index contributed by atoms with van der Waals surface area (Å²) in [5.41, 5.74) is 2.29. The molecule has 0 radical (unpaired) electrons. The molecule has 1 N–H and O–H groups in total. The predicted molar refractivity (Wildman–Crippen MR) is 85.0 cm³/mol. The summed E-state index contributed by atoms with van der Waals surface area (Å²) >= 11 is 5.48. The molecule has 0 bridgehead atoms. The Morgan fingerprint density at radius 2 is 2.00 bits per heavy atom. The van der Waals surface area contributed by atoms with E-state index in [0.717, 1.165) is 21.2 Å². The Morgan fingerprint density at radius 3 is 2.75 bits per heavy atom. The van der Waals surface area contributed by atoms with E-state index in [1.54, 1.807) is 0 Å². The number of hydrogen-bond donors (Lipinski definition) is 1. The van der Waals surface area contributed by atoms with Crippen molar-refractivity contribution in [1.82, 2.24) is 14.5 Å². The number of rotatable bonds is 1. The van der Waals surface area contributed by atoms with Gasteiger partial charge in [-0.25, -0.2) is 0 Å². The molecule has 0 spiro atoms. The van der Waals surface area contributed by atoms with Crippen molar-refractivity contribution in [3.63, 3.8) is 0 Å². The fraction of sp³-hybridized carbons (Fsp3) is 0.250. The maximum absolute atomic E-state index is 5.48. The third-order valence-corrected chi connectivity index (χ3v) is 3.74. The standard InChI is InChI=1S/C16H17N3S/c1-16(2,3)14-10-18-15(20)19(14)13-6-4-5-11-9-17-8-7-12(11)13/h4-10H,1-3H3,(H,18,20). The molecule has 1 aromatic carbocycles. The van der Waals surface area contributed by atoms with E-state index in [0.29, 0.717) is 0 Å². The summed E-state index contributed by atoms with van der Waals surface area (Å²) in [6.07, 6.45) is 5.70. The largest absolute Gasteiger partial charge is 0.337 e. The van der Waals surface area contributed by atoms with E-state index in [1.165, 1.54) is 5.69 Å². The van der Waals surface area contributed by atoms with Gasteiger partial charge in [0.05, 0.1) is 5.69 Å². The predicted octanol–water partition coefficient (Wildman–Crippen LogP) is 4.38. The van der Waals surface area contributed by atoms with Gasteiger partial charge in [-0.3, -0.25) is 9.55 Å².